The van der Waals surface area contributed by atoms with Crippen molar-refractivity contribution in [3.05, 3.63) is 145 Å². The van der Waals surface area contributed by atoms with Crippen LogP contribution in [0.2, 0.25) is 0 Å². The van der Waals surface area contributed by atoms with Gasteiger partial charge in [0.05, 0.1) is 0 Å². The molecule has 4 rings (SSSR count). The van der Waals surface area contributed by atoms with E-state index in [1.54, 1.807) is 0 Å². The Bertz CT molecular complexity index is 959. The fourth-order valence-electron chi connectivity index (χ4n) is 4.03. The van der Waals surface area contributed by atoms with Crippen molar-refractivity contribution in [2.45, 2.75) is 12.5 Å². The van der Waals surface area contributed by atoms with Gasteiger partial charge in [0.1, 0.15) is 5.54 Å². The molecule has 0 spiro atoms. The van der Waals surface area contributed by atoms with Crippen LogP contribution in [0.5, 0.6) is 0 Å². The Kier molecular flexibility index (Phi) is 5.58. The highest BCUT2D eigenvalue weighted by Gasteiger charge is 2.39. The minimum atomic E-state index is -0.486. The maximum atomic E-state index is 2.43. The number of hydrogen-bond donors (Lipinski definition) is 0. The number of benzene rings is 4. The molecule has 1 heteroatoms. The minimum absolute atomic E-state index is 0.486. The molecule has 4 aromatic rings. The van der Waals surface area contributed by atoms with E-state index in [2.05, 4.69) is 145 Å². The van der Waals surface area contributed by atoms with Crippen molar-refractivity contribution in [3.8, 4) is 0 Å². The molecule has 0 bridgehead atoms. The number of para-hydroxylation sites is 2. The molecule has 142 valence electrons. The smallest absolute Gasteiger partial charge is 0.114 e. The second kappa shape index (κ2) is 8.62. The van der Waals surface area contributed by atoms with Gasteiger partial charge in [-0.25, -0.2) is 0 Å². The van der Waals surface area contributed by atoms with Gasteiger partial charge in [-0.2, -0.15) is 0 Å². The lowest BCUT2D eigenvalue weighted by molar-refractivity contribution is 0.651. The highest BCUT2D eigenvalue weighted by molar-refractivity contribution is 5.71. The van der Waals surface area contributed by atoms with Crippen molar-refractivity contribution in [1.29, 1.82) is 0 Å². The molecule has 0 unspecified atom stereocenters. The molecule has 0 fully saturated rings. The van der Waals surface area contributed by atoms with Crippen LogP contribution in [0.15, 0.2) is 133 Å². The second-order valence-electron chi connectivity index (χ2n) is 7.00. The molecule has 0 saturated carbocycles. The molecule has 0 aliphatic rings. The minimum Gasteiger partial charge on any atom is -0.324 e. The van der Waals surface area contributed by atoms with Gasteiger partial charge in [-0.1, -0.05) is 109 Å². The summed E-state index contributed by atoms with van der Waals surface area (Å²) in [5, 5.41) is 0. The monoisotopic (exact) mass is 375 g/mol. The largest absolute Gasteiger partial charge is 0.324 e. The molecule has 0 atom stereocenters. The summed E-state index contributed by atoms with van der Waals surface area (Å²) in [5.41, 5.74) is 4.24. The molecule has 1 nitrogen and oxygen atoms in total. The van der Waals surface area contributed by atoms with Gasteiger partial charge in [0.15, 0.2) is 0 Å². The third kappa shape index (κ3) is 3.60. The van der Waals surface area contributed by atoms with Gasteiger partial charge in [0.25, 0.3) is 0 Å². The van der Waals surface area contributed by atoms with Gasteiger partial charge in [-0.05, 0) is 42.3 Å². The van der Waals surface area contributed by atoms with Gasteiger partial charge < -0.3 is 4.90 Å². The maximum absolute atomic E-state index is 2.43. The highest BCUT2D eigenvalue weighted by Crippen LogP contribution is 2.45. The van der Waals surface area contributed by atoms with Crippen LogP contribution < -0.4 is 4.90 Å². The zero-order chi connectivity index (χ0) is 19.9. The quantitative estimate of drug-likeness (QED) is 0.319. The first-order valence-electron chi connectivity index (χ1n) is 10.0. The van der Waals surface area contributed by atoms with E-state index in [4.69, 9.17) is 0 Å². The Morgan fingerprint density at radius 1 is 0.517 bits per heavy atom. The van der Waals surface area contributed by atoms with E-state index < -0.39 is 5.54 Å². The summed E-state index contributed by atoms with van der Waals surface area (Å²) in [6.07, 6.45) is 4.45. The summed E-state index contributed by atoms with van der Waals surface area (Å²) >= 11 is 0. The summed E-state index contributed by atoms with van der Waals surface area (Å²) in [4.78, 5) is 2.43. The summed E-state index contributed by atoms with van der Waals surface area (Å²) in [7, 11) is 0. The molecule has 0 aliphatic heterocycles. The number of hydrogen-bond acceptors (Lipinski definition) is 1. The topological polar surface area (TPSA) is 3.24 Å². The molecule has 0 radical (unpaired) electrons. The van der Waals surface area contributed by atoms with Gasteiger partial charge in [0, 0.05) is 11.4 Å². The molecule has 0 aliphatic carbocycles. The summed E-state index contributed by atoms with van der Waals surface area (Å²) in [6, 6.07) is 42.7. The van der Waals surface area contributed by atoms with Crippen molar-refractivity contribution in [2.75, 3.05) is 4.90 Å². The molecule has 29 heavy (non-hydrogen) atoms. The van der Waals surface area contributed by atoms with Crippen LogP contribution in [0.3, 0.4) is 0 Å². The third-order valence-corrected chi connectivity index (χ3v) is 5.22. The molecule has 0 heterocycles. The third-order valence-electron chi connectivity index (χ3n) is 5.22. The van der Waals surface area contributed by atoms with Crippen molar-refractivity contribution in [2.24, 2.45) is 0 Å². The first-order valence-corrected chi connectivity index (χ1v) is 10.0. The van der Waals surface area contributed by atoms with E-state index in [1.807, 2.05) is 0 Å². The Morgan fingerprint density at radius 3 is 1.21 bits per heavy atom. The lowest BCUT2D eigenvalue weighted by atomic mass is 9.79. The van der Waals surface area contributed by atoms with Crippen LogP contribution in [-0.2, 0) is 5.54 Å². The van der Waals surface area contributed by atoms with E-state index in [0.717, 1.165) is 11.4 Å². The zero-order valence-electron chi connectivity index (χ0n) is 16.6. The summed E-state index contributed by atoms with van der Waals surface area (Å²) in [6.45, 7) is 2.09. The van der Waals surface area contributed by atoms with Crippen LogP contribution in [0.25, 0.3) is 0 Å². The molecular formula is C28H25N. The number of allylic oxidation sites excluding steroid dienone is 1. The number of anilines is 2. The van der Waals surface area contributed by atoms with Crippen LogP contribution in [0.1, 0.15) is 18.1 Å². The maximum Gasteiger partial charge on any atom is 0.114 e. The van der Waals surface area contributed by atoms with Crippen LogP contribution in [-0.4, -0.2) is 0 Å². The predicted molar refractivity (Wildman–Crippen MR) is 124 cm³/mol. The lowest BCUT2D eigenvalue weighted by Gasteiger charge is -2.45. The van der Waals surface area contributed by atoms with Crippen LogP contribution in [0.4, 0.5) is 11.4 Å². The van der Waals surface area contributed by atoms with Gasteiger partial charge in [-0.3, -0.25) is 0 Å². The number of nitrogens with zero attached hydrogens (tertiary/aromatic N) is 1. The average Bonchev–Trinajstić information content (AvgIpc) is 2.81. The fraction of sp³-hybridized carbons (Fsp3) is 0.0714. The van der Waals surface area contributed by atoms with Crippen molar-refractivity contribution < 1.29 is 0 Å². The van der Waals surface area contributed by atoms with Gasteiger partial charge in [-0.15, -0.1) is 0 Å². The molecule has 0 aromatic heterocycles. The first kappa shape index (κ1) is 18.8. The molecular weight excluding hydrogens is 350 g/mol. The summed E-state index contributed by atoms with van der Waals surface area (Å²) in [5.74, 6) is 0. The Labute approximate surface area is 173 Å². The average molecular weight is 376 g/mol. The molecule has 0 saturated heterocycles. The van der Waals surface area contributed by atoms with Crippen molar-refractivity contribution >= 4 is 11.4 Å². The Hall–Kier alpha value is -3.58. The standard InChI is InChI=1S/C28H25N/c1-2-23-28(24-15-7-3-8-16-24,25-17-9-4-10-18-25)29(26-19-11-5-12-20-26)27-21-13-6-14-22-27/h2-23H,1H3/b23-2+. The lowest BCUT2D eigenvalue weighted by Crippen LogP contribution is -2.43. The normalized spacial score (nSPS) is 11.5. The predicted octanol–water partition coefficient (Wildman–Crippen LogP) is 7.34. The van der Waals surface area contributed by atoms with Crippen LogP contribution in [0, 0.1) is 0 Å². The zero-order valence-corrected chi connectivity index (χ0v) is 16.6. The van der Waals surface area contributed by atoms with E-state index in [-0.39, 0.29) is 0 Å². The Balaban J connectivity index is 2.09. The number of rotatable bonds is 6. The first-order chi connectivity index (χ1) is 14.4. The molecule has 0 N–H and O–H groups in total. The van der Waals surface area contributed by atoms with Crippen LogP contribution >= 0.6 is 0 Å². The fourth-order valence-corrected chi connectivity index (χ4v) is 4.03. The van der Waals surface area contributed by atoms with Crippen molar-refractivity contribution in [1.82, 2.24) is 0 Å². The van der Waals surface area contributed by atoms with Gasteiger partial charge in [0.2, 0.25) is 0 Å². The Morgan fingerprint density at radius 2 is 0.862 bits per heavy atom. The van der Waals surface area contributed by atoms with Gasteiger partial charge >= 0.3 is 0 Å². The molecule has 4 aromatic carbocycles. The van der Waals surface area contributed by atoms with E-state index >= 15 is 0 Å². The van der Waals surface area contributed by atoms with Crippen molar-refractivity contribution in [3.63, 3.8) is 0 Å². The summed E-state index contributed by atoms with van der Waals surface area (Å²) < 4.78 is 0. The van der Waals surface area contributed by atoms with E-state index in [0.29, 0.717) is 0 Å². The molecule has 0 amide bonds. The van der Waals surface area contributed by atoms with E-state index in [1.165, 1.54) is 11.1 Å². The second-order valence-corrected chi connectivity index (χ2v) is 7.00. The van der Waals surface area contributed by atoms with E-state index in [9.17, 15) is 0 Å². The highest BCUT2D eigenvalue weighted by atomic mass is 15.2. The SMILES string of the molecule is C/C=C/C(c1ccccc1)(c1ccccc1)N(c1ccccc1)c1ccccc1.